The molecule has 0 saturated heterocycles. The van der Waals surface area contributed by atoms with Crippen LogP contribution in [0.5, 0.6) is 0 Å². The molecule has 0 aliphatic heterocycles. The van der Waals surface area contributed by atoms with Crippen LogP contribution in [-0.4, -0.2) is 24.8 Å². The van der Waals surface area contributed by atoms with Gasteiger partial charge in [0.15, 0.2) is 0 Å². The first-order valence-corrected chi connectivity index (χ1v) is 6.34. The number of ether oxygens (including phenoxy) is 1. The highest BCUT2D eigenvalue weighted by molar-refractivity contribution is 5.88. The molecule has 1 atom stereocenters. The number of carbonyl (C=O) groups is 1. The van der Waals surface area contributed by atoms with Gasteiger partial charge in [0.2, 0.25) is 0 Å². The summed E-state index contributed by atoms with van der Waals surface area (Å²) in [6.07, 6.45) is 0. The zero-order valence-corrected chi connectivity index (χ0v) is 11.2. The zero-order chi connectivity index (χ0) is 14.4. The maximum atomic E-state index is 11.0. The molecule has 2 aromatic rings. The van der Waals surface area contributed by atoms with Crippen molar-refractivity contribution >= 4 is 11.7 Å². The van der Waals surface area contributed by atoms with Crippen LogP contribution >= 0.6 is 0 Å². The van der Waals surface area contributed by atoms with Gasteiger partial charge in [0.25, 0.3) is 0 Å². The summed E-state index contributed by atoms with van der Waals surface area (Å²) in [4.78, 5) is 11.0. The quantitative estimate of drug-likeness (QED) is 0.847. The van der Waals surface area contributed by atoms with E-state index in [9.17, 15) is 4.79 Å². The van der Waals surface area contributed by atoms with Crippen LogP contribution in [-0.2, 0) is 4.74 Å². The van der Waals surface area contributed by atoms with E-state index >= 15 is 0 Å². The molecule has 4 nitrogen and oxygen atoms in total. The van der Waals surface area contributed by atoms with Crippen LogP contribution in [0.1, 0.15) is 22.0 Å². The first kappa shape index (κ1) is 14.1. The molecule has 2 N–H and O–H groups in total. The molecular weight excluding hydrogens is 254 g/mol. The fraction of sp³-hybridized carbons (Fsp3) is 0.188. The molecule has 0 aliphatic rings. The molecule has 0 radical (unpaired) electrons. The van der Waals surface area contributed by atoms with E-state index in [2.05, 4.69) is 5.32 Å². The van der Waals surface area contributed by atoms with Gasteiger partial charge >= 0.3 is 5.97 Å². The average Bonchev–Trinajstić information content (AvgIpc) is 2.48. The Kier molecular flexibility index (Phi) is 4.74. The van der Waals surface area contributed by atoms with Gasteiger partial charge in [0, 0.05) is 12.8 Å². The Balaban J connectivity index is 2.20. The van der Waals surface area contributed by atoms with Gasteiger partial charge in [0.05, 0.1) is 18.2 Å². The molecule has 0 aliphatic carbocycles. The third-order valence-corrected chi connectivity index (χ3v) is 2.99. The largest absolute Gasteiger partial charge is 0.478 e. The van der Waals surface area contributed by atoms with Crippen LogP contribution in [0.25, 0.3) is 0 Å². The third kappa shape index (κ3) is 3.59. The van der Waals surface area contributed by atoms with Crippen molar-refractivity contribution in [1.29, 1.82) is 0 Å². The number of carboxylic acids is 1. The van der Waals surface area contributed by atoms with Crippen molar-refractivity contribution in [2.75, 3.05) is 19.0 Å². The molecule has 4 heteroatoms. The monoisotopic (exact) mass is 271 g/mol. The molecular formula is C16H17NO3. The Hall–Kier alpha value is -2.33. The first-order chi connectivity index (χ1) is 9.70. The van der Waals surface area contributed by atoms with Crippen LogP contribution in [0.4, 0.5) is 5.69 Å². The van der Waals surface area contributed by atoms with Crippen LogP contribution < -0.4 is 5.32 Å². The summed E-state index contributed by atoms with van der Waals surface area (Å²) in [5.41, 5.74) is 2.12. The molecule has 2 rings (SSSR count). The SMILES string of the molecule is COCC(Nc1cccc(C(=O)O)c1)c1ccccc1. The molecule has 104 valence electrons. The van der Waals surface area contributed by atoms with E-state index in [1.807, 2.05) is 36.4 Å². The van der Waals surface area contributed by atoms with Gasteiger partial charge in [-0.3, -0.25) is 0 Å². The Morgan fingerprint density at radius 2 is 1.95 bits per heavy atom. The van der Waals surface area contributed by atoms with Crippen LogP contribution in [0.2, 0.25) is 0 Å². The van der Waals surface area contributed by atoms with E-state index in [0.29, 0.717) is 6.61 Å². The topological polar surface area (TPSA) is 58.6 Å². The number of rotatable bonds is 6. The van der Waals surface area contributed by atoms with Gasteiger partial charge in [-0.1, -0.05) is 36.4 Å². The van der Waals surface area contributed by atoms with Gasteiger partial charge in [-0.05, 0) is 23.8 Å². The van der Waals surface area contributed by atoms with E-state index in [1.54, 1.807) is 25.3 Å². The smallest absolute Gasteiger partial charge is 0.335 e. The van der Waals surface area contributed by atoms with Crippen molar-refractivity contribution < 1.29 is 14.6 Å². The molecule has 0 fully saturated rings. The number of nitrogens with one attached hydrogen (secondary N) is 1. The highest BCUT2D eigenvalue weighted by atomic mass is 16.5. The molecule has 1 unspecified atom stereocenters. The highest BCUT2D eigenvalue weighted by Gasteiger charge is 2.11. The Morgan fingerprint density at radius 3 is 2.60 bits per heavy atom. The molecule has 2 aromatic carbocycles. The fourth-order valence-corrected chi connectivity index (χ4v) is 2.02. The highest BCUT2D eigenvalue weighted by Crippen LogP contribution is 2.20. The lowest BCUT2D eigenvalue weighted by Crippen LogP contribution is -2.16. The summed E-state index contributed by atoms with van der Waals surface area (Å²) in [7, 11) is 1.64. The molecule has 0 spiro atoms. The van der Waals surface area contributed by atoms with Gasteiger partial charge in [-0.25, -0.2) is 4.79 Å². The lowest BCUT2D eigenvalue weighted by atomic mass is 10.1. The predicted molar refractivity (Wildman–Crippen MR) is 78.1 cm³/mol. The van der Waals surface area contributed by atoms with E-state index in [1.165, 1.54) is 0 Å². The van der Waals surface area contributed by atoms with Crippen molar-refractivity contribution in [3.05, 3.63) is 65.7 Å². The second-order valence-corrected chi connectivity index (χ2v) is 4.45. The second-order valence-electron chi connectivity index (χ2n) is 4.45. The fourth-order valence-electron chi connectivity index (χ4n) is 2.02. The van der Waals surface area contributed by atoms with Crippen molar-refractivity contribution in [1.82, 2.24) is 0 Å². The minimum atomic E-state index is -0.934. The maximum Gasteiger partial charge on any atom is 0.335 e. The van der Waals surface area contributed by atoms with Gasteiger partial charge in [-0.15, -0.1) is 0 Å². The molecule has 0 saturated carbocycles. The summed E-state index contributed by atoms with van der Waals surface area (Å²) >= 11 is 0. The summed E-state index contributed by atoms with van der Waals surface area (Å²) in [5, 5.41) is 12.3. The molecule has 0 heterocycles. The predicted octanol–water partition coefficient (Wildman–Crippen LogP) is 3.18. The van der Waals surface area contributed by atoms with E-state index in [0.717, 1.165) is 11.3 Å². The summed E-state index contributed by atoms with van der Waals surface area (Å²) in [6, 6.07) is 16.6. The number of carboxylic acid groups (broad SMARTS) is 1. The van der Waals surface area contributed by atoms with Crippen LogP contribution in [0.15, 0.2) is 54.6 Å². The Bertz CT molecular complexity index is 569. The van der Waals surface area contributed by atoms with E-state index in [-0.39, 0.29) is 11.6 Å². The summed E-state index contributed by atoms with van der Waals surface area (Å²) in [6.45, 7) is 0.501. The number of hydrogen-bond donors (Lipinski definition) is 2. The third-order valence-electron chi connectivity index (χ3n) is 2.99. The van der Waals surface area contributed by atoms with Gasteiger partial charge in [-0.2, -0.15) is 0 Å². The van der Waals surface area contributed by atoms with Gasteiger partial charge < -0.3 is 15.2 Å². The molecule has 0 bridgehead atoms. The van der Waals surface area contributed by atoms with E-state index in [4.69, 9.17) is 9.84 Å². The van der Waals surface area contributed by atoms with Crippen LogP contribution in [0.3, 0.4) is 0 Å². The number of methoxy groups -OCH3 is 1. The first-order valence-electron chi connectivity index (χ1n) is 6.34. The second kappa shape index (κ2) is 6.73. The zero-order valence-electron chi connectivity index (χ0n) is 11.2. The van der Waals surface area contributed by atoms with E-state index < -0.39 is 5.97 Å². The Labute approximate surface area is 118 Å². The normalized spacial score (nSPS) is 11.8. The summed E-state index contributed by atoms with van der Waals surface area (Å²) in [5.74, 6) is -0.934. The molecule has 20 heavy (non-hydrogen) atoms. The minimum Gasteiger partial charge on any atom is -0.478 e. The summed E-state index contributed by atoms with van der Waals surface area (Å²) < 4.78 is 5.23. The van der Waals surface area contributed by atoms with Crippen molar-refractivity contribution in [3.63, 3.8) is 0 Å². The Morgan fingerprint density at radius 1 is 1.20 bits per heavy atom. The lowest BCUT2D eigenvalue weighted by molar-refractivity contribution is 0.0697. The average molecular weight is 271 g/mol. The van der Waals surface area contributed by atoms with Crippen molar-refractivity contribution in [2.45, 2.75) is 6.04 Å². The number of hydrogen-bond acceptors (Lipinski definition) is 3. The number of aromatic carboxylic acids is 1. The standard InChI is InChI=1S/C16H17NO3/c1-20-11-15(12-6-3-2-4-7-12)17-14-9-5-8-13(10-14)16(18)19/h2-10,15,17H,11H2,1H3,(H,18,19). The maximum absolute atomic E-state index is 11.0. The molecule has 0 aromatic heterocycles. The van der Waals surface area contributed by atoms with Crippen LogP contribution in [0, 0.1) is 0 Å². The van der Waals surface area contributed by atoms with Gasteiger partial charge in [0.1, 0.15) is 0 Å². The van der Waals surface area contributed by atoms with Crippen molar-refractivity contribution in [3.8, 4) is 0 Å². The minimum absolute atomic E-state index is 0.0229. The molecule has 0 amide bonds. The number of anilines is 1. The lowest BCUT2D eigenvalue weighted by Gasteiger charge is -2.19. The van der Waals surface area contributed by atoms with Crippen molar-refractivity contribution in [2.24, 2.45) is 0 Å². The number of benzene rings is 2.